The zero-order valence-corrected chi connectivity index (χ0v) is 15.7. The van der Waals surface area contributed by atoms with Gasteiger partial charge in [0.1, 0.15) is 17.5 Å². The molecule has 10 heteroatoms. The largest absolute Gasteiger partial charge is 0.506 e. The van der Waals surface area contributed by atoms with Gasteiger partial charge in [0.2, 0.25) is 0 Å². The van der Waals surface area contributed by atoms with E-state index in [0.717, 1.165) is 0 Å². The number of aromatic nitrogens is 1. The molecule has 1 aromatic heterocycles. The Morgan fingerprint density at radius 1 is 1.33 bits per heavy atom. The van der Waals surface area contributed by atoms with Crippen molar-refractivity contribution < 1.29 is 33.7 Å². The summed E-state index contributed by atoms with van der Waals surface area (Å²) in [5, 5.41) is 30.9. The summed E-state index contributed by atoms with van der Waals surface area (Å²) in [5.74, 6) is -1.20. The Morgan fingerprint density at radius 2 is 2.00 bits per heavy atom. The fraction of sp³-hybridized carbons (Fsp3) is 0.294. The lowest BCUT2D eigenvalue weighted by Crippen LogP contribution is -2.33. The first kappa shape index (κ1) is 20.9. The third-order valence-electron chi connectivity index (χ3n) is 3.67. The molecule has 1 heterocycles. The van der Waals surface area contributed by atoms with Crippen molar-refractivity contribution in [2.24, 2.45) is 0 Å². The molecule has 27 heavy (non-hydrogen) atoms. The van der Waals surface area contributed by atoms with Gasteiger partial charge < -0.3 is 19.8 Å². The molecule has 2 rings (SSSR count). The van der Waals surface area contributed by atoms with Crippen LogP contribution in [0.2, 0.25) is 0 Å². The van der Waals surface area contributed by atoms with Crippen molar-refractivity contribution in [2.45, 2.75) is 33.1 Å². The second-order valence-electron chi connectivity index (χ2n) is 5.72. The minimum absolute atomic E-state index is 0.181. The Hall–Kier alpha value is -2.45. The predicted molar refractivity (Wildman–Crippen MR) is 96.3 cm³/mol. The van der Waals surface area contributed by atoms with Crippen molar-refractivity contribution in [2.75, 3.05) is 0 Å². The Bertz CT molecular complexity index is 845. The van der Waals surface area contributed by atoms with Gasteiger partial charge in [-0.15, -0.1) is 0 Å². The first-order chi connectivity index (χ1) is 12.8. The maximum absolute atomic E-state index is 13.1. The second kappa shape index (κ2) is 8.96. The van der Waals surface area contributed by atoms with E-state index in [1.165, 1.54) is 13.1 Å². The van der Waals surface area contributed by atoms with Crippen molar-refractivity contribution in [1.29, 1.82) is 0 Å². The van der Waals surface area contributed by atoms with Crippen LogP contribution in [-0.4, -0.2) is 32.3 Å². The van der Waals surface area contributed by atoms with Crippen molar-refractivity contribution in [3.05, 3.63) is 53.3 Å². The lowest BCUT2D eigenvalue weighted by atomic mass is 10.1. The van der Waals surface area contributed by atoms with Gasteiger partial charge in [-0.2, -0.15) is 5.09 Å². The molecule has 0 saturated heterocycles. The molecule has 0 aliphatic heterocycles. The molecule has 0 amide bonds. The van der Waals surface area contributed by atoms with Crippen LogP contribution in [0.3, 0.4) is 0 Å². The number of para-hydroxylation sites is 1. The molecular weight excluding hydrogens is 375 g/mol. The molecule has 146 valence electrons. The maximum atomic E-state index is 13.1. The number of aliphatic hydroxyl groups excluding tert-OH is 1. The van der Waals surface area contributed by atoms with Gasteiger partial charge in [0, 0.05) is 17.3 Å². The van der Waals surface area contributed by atoms with E-state index in [2.05, 4.69) is 10.1 Å². The summed E-state index contributed by atoms with van der Waals surface area (Å²) in [5.41, 5.74) is 0.798. The fourth-order valence-corrected chi connectivity index (χ4v) is 3.62. The van der Waals surface area contributed by atoms with Crippen molar-refractivity contribution >= 4 is 13.7 Å². The minimum atomic E-state index is -4.10. The normalized spacial score (nSPS) is 14.3. The number of aliphatic carboxylic acids is 1. The van der Waals surface area contributed by atoms with Gasteiger partial charge in [0.05, 0.1) is 18.9 Å². The molecule has 2 unspecified atom stereocenters. The smallest absolute Gasteiger partial charge is 0.459 e. The second-order valence-corrected chi connectivity index (χ2v) is 7.41. The number of carboxylic acid groups (broad SMARTS) is 1. The molecule has 0 fully saturated rings. The third-order valence-corrected chi connectivity index (χ3v) is 5.29. The topological polar surface area (TPSA) is 138 Å². The predicted octanol–water partition coefficient (Wildman–Crippen LogP) is 2.35. The molecule has 0 saturated carbocycles. The fourth-order valence-electron chi connectivity index (χ4n) is 2.14. The van der Waals surface area contributed by atoms with Gasteiger partial charge in [-0.1, -0.05) is 18.2 Å². The highest BCUT2D eigenvalue weighted by atomic mass is 31.2. The van der Waals surface area contributed by atoms with Crippen LogP contribution in [0.5, 0.6) is 11.5 Å². The molecule has 0 spiro atoms. The van der Waals surface area contributed by atoms with Crippen LogP contribution in [-0.2, 0) is 27.1 Å². The SMILES string of the molecule is Cc1ncc(COP(=O)(NC(C)C(=O)O)Oc2ccccc2)c(CO)c1O. The van der Waals surface area contributed by atoms with Crippen LogP contribution in [0.4, 0.5) is 0 Å². The molecule has 2 aromatic rings. The molecule has 4 N–H and O–H groups in total. The van der Waals surface area contributed by atoms with Gasteiger partial charge in [-0.25, -0.2) is 4.57 Å². The van der Waals surface area contributed by atoms with Gasteiger partial charge in [0.15, 0.2) is 0 Å². The molecule has 2 atom stereocenters. The molecular formula is C17H21N2O7P. The number of pyridine rings is 1. The number of hydrogen-bond donors (Lipinski definition) is 4. The van der Waals surface area contributed by atoms with E-state index in [1.807, 2.05) is 0 Å². The number of aromatic hydroxyl groups is 1. The lowest BCUT2D eigenvalue weighted by Gasteiger charge is -2.22. The molecule has 0 bridgehead atoms. The van der Waals surface area contributed by atoms with Gasteiger partial charge in [-0.3, -0.25) is 14.3 Å². The monoisotopic (exact) mass is 396 g/mol. The quantitative estimate of drug-likeness (QED) is 0.470. The number of benzene rings is 1. The standard InChI is InChI=1S/C17H21N2O7P/c1-11-16(21)15(9-20)13(8-18-11)10-25-27(24,19-12(2)17(22)23)26-14-6-4-3-5-7-14/h3-8,12,20-21H,9-10H2,1-2H3,(H,19,24)(H,22,23). The number of carboxylic acids is 1. The molecule has 9 nitrogen and oxygen atoms in total. The van der Waals surface area contributed by atoms with Crippen LogP contribution >= 0.6 is 7.75 Å². The maximum Gasteiger partial charge on any atom is 0.459 e. The summed E-state index contributed by atoms with van der Waals surface area (Å²) >= 11 is 0. The molecule has 0 radical (unpaired) electrons. The molecule has 1 aromatic carbocycles. The summed E-state index contributed by atoms with van der Waals surface area (Å²) in [6.07, 6.45) is 1.37. The first-order valence-electron chi connectivity index (χ1n) is 8.02. The van der Waals surface area contributed by atoms with Crippen molar-refractivity contribution in [3.63, 3.8) is 0 Å². The van der Waals surface area contributed by atoms with E-state index >= 15 is 0 Å². The molecule has 0 aliphatic rings. The van der Waals surface area contributed by atoms with E-state index in [4.69, 9.17) is 14.2 Å². The number of aliphatic hydroxyl groups is 1. The van der Waals surface area contributed by atoms with E-state index < -0.39 is 26.4 Å². The van der Waals surface area contributed by atoms with Crippen LogP contribution in [0.1, 0.15) is 23.7 Å². The highest BCUT2D eigenvalue weighted by Crippen LogP contribution is 2.46. The lowest BCUT2D eigenvalue weighted by molar-refractivity contribution is -0.138. The van der Waals surface area contributed by atoms with Gasteiger partial charge >= 0.3 is 13.7 Å². The first-order valence-corrected chi connectivity index (χ1v) is 9.57. The van der Waals surface area contributed by atoms with Crippen molar-refractivity contribution in [3.8, 4) is 11.5 Å². The van der Waals surface area contributed by atoms with E-state index in [9.17, 15) is 19.6 Å². The van der Waals surface area contributed by atoms with Gasteiger partial charge in [-0.05, 0) is 26.0 Å². The molecule has 0 aliphatic carbocycles. The highest BCUT2D eigenvalue weighted by Gasteiger charge is 2.32. The van der Waals surface area contributed by atoms with Crippen LogP contribution in [0.25, 0.3) is 0 Å². The van der Waals surface area contributed by atoms with E-state index in [1.54, 1.807) is 37.3 Å². The summed E-state index contributed by atoms with van der Waals surface area (Å²) < 4.78 is 23.8. The summed E-state index contributed by atoms with van der Waals surface area (Å²) in [6, 6.07) is 6.93. The summed E-state index contributed by atoms with van der Waals surface area (Å²) in [7, 11) is -4.10. The highest BCUT2D eigenvalue weighted by molar-refractivity contribution is 7.52. The van der Waals surface area contributed by atoms with Crippen LogP contribution in [0, 0.1) is 6.92 Å². The Kier molecular flexibility index (Phi) is 6.92. The number of carbonyl (C=O) groups is 1. The average molecular weight is 396 g/mol. The number of nitrogens with zero attached hydrogens (tertiary/aromatic N) is 1. The average Bonchev–Trinajstić information content (AvgIpc) is 2.63. The number of rotatable bonds is 9. The zero-order valence-electron chi connectivity index (χ0n) is 14.8. The van der Waals surface area contributed by atoms with Crippen LogP contribution < -0.4 is 9.61 Å². The van der Waals surface area contributed by atoms with E-state index in [-0.39, 0.29) is 23.7 Å². The number of hydrogen-bond acceptors (Lipinski definition) is 7. The van der Waals surface area contributed by atoms with Crippen LogP contribution in [0.15, 0.2) is 36.5 Å². The number of nitrogens with one attached hydrogen (secondary N) is 1. The number of aryl methyl sites for hydroxylation is 1. The summed E-state index contributed by atoms with van der Waals surface area (Å²) in [6.45, 7) is 2.06. The zero-order chi connectivity index (χ0) is 20.0. The Balaban J connectivity index is 2.25. The third kappa shape index (κ3) is 5.51. The Labute approximate surface area is 156 Å². The minimum Gasteiger partial charge on any atom is -0.506 e. The summed E-state index contributed by atoms with van der Waals surface area (Å²) in [4.78, 5) is 15.1. The van der Waals surface area contributed by atoms with Crippen molar-refractivity contribution in [1.82, 2.24) is 10.1 Å². The Morgan fingerprint density at radius 3 is 2.59 bits per heavy atom. The van der Waals surface area contributed by atoms with E-state index in [0.29, 0.717) is 11.3 Å². The van der Waals surface area contributed by atoms with Gasteiger partial charge in [0.25, 0.3) is 0 Å².